The second kappa shape index (κ2) is 4.22. The summed E-state index contributed by atoms with van der Waals surface area (Å²) in [7, 11) is 0. The molecule has 3 heteroatoms. The van der Waals surface area contributed by atoms with Gasteiger partial charge in [-0.2, -0.15) is 0 Å². The second-order valence-corrected chi connectivity index (χ2v) is 4.83. The maximum Gasteiger partial charge on any atom is 0.160 e. The van der Waals surface area contributed by atoms with Crippen LogP contribution in [0.3, 0.4) is 0 Å². The van der Waals surface area contributed by atoms with E-state index in [1.54, 1.807) is 6.08 Å². The molecule has 1 rings (SSSR count). The lowest BCUT2D eigenvalue weighted by atomic mass is 9.90. The summed E-state index contributed by atoms with van der Waals surface area (Å²) in [4.78, 5) is 13.4. The number of likely N-dealkylation sites (tertiary alicyclic amines) is 1. The van der Waals surface area contributed by atoms with Crippen molar-refractivity contribution in [2.45, 2.75) is 26.9 Å². The van der Waals surface area contributed by atoms with E-state index in [-0.39, 0.29) is 11.2 Å². The molecule has 0 aromatic heterocycles. The van der Waals surface area contributed by atoms with E-state index >= 15 is 0 Å². The lowest BCUT2D eigenvalue weighted by Crippen LogP contribution is -2.48. The van der Waals surface area contributed by atoms with Gasteiger partial charge in [0.2, 0.25) is 0 Å². The average Bonchev–Trinajstić information content (AvgIpc) is 1.99. The predicted molar refractivity (Wildman–Crippen MR) is 54.9 cm³/mol. The van der Waals surface area contributed by atoms with Crippen molar-refractivity contribution in [2.24, 2.45) is 5.41 Å². The Morgan fingerprint density at radius 3 is 2.50 bits per heavy atom. The smallest absolute Gasteiger partial charge is 0.160 e. The maximum atomic E-state index is 12.4. The molecular formula is C11H18FNO. The van der Waals surface area contributed by atoms with Crippen molar-refractivity contribution in [2.75, 3.05) is 19.6 Å². The van der Waals surface area contributed by atoms with Crippen LogP contribution in [0.1, 0.15) is 20.8 Å². The van der Waals surface area contributed by atoms with Gasteiger partial charge < -0.3 is 0 Å². The number of ketones is 1. The molecule has 1 heterocycles. The molecule has 0 aromatic rings. The number of allylic oxidation sites excluding steroid dienone is 1. The summed E-state index contributed by atoms with van der Waals surface area (Å²) < 4.78 is 12.4. The Bertz CT molecular complexity index is 236. The first kappa shape index (κ1) is 11.4. The molecular weight excluding hydrogens is 181 g/mol. The van der Waals surface area contributed by atoms with Gasteiger partial charge in [-0.15, -0.1) is 0 Å². The molecule has 0 spiro atoms. The minimum atomic E-state index is -0.665. The Hall–Kier alpha value is -0.700. The summed E-state index contributed by atoms with van der Waals surface area (Å²) in [5.41, 5.74) is -0.311. The summed E-state index contributed by atoms with van der Waals surface area (Å²) in [5.74, 6) is 0.120. The maximum absolute atomic E-state index is 12.4. The third-order valence-corrected chi connectivity index (χ3v) is 2.28. The van der Waals surface area contributed by atoms with E-state index < -0.39 is 6.17 Å². The van der Waals surface area contributed by atoms with Crippen LogP contribution in [0.4, 0.5) is 4.39 Å². The number of hydrogen-bond acceptors (Lipinski definition) is 2. The molecule has 0 amide bonds. The molecule has 1 saturated heterocycles. The van der Waals surface area contributed by atoms with Gasteiger partial charge in [0.1, 0.15) is 6.17 Å². The summed E-state index contributed by atoms with van der Waals surface area (Å²) >= 11 is 0. The van der Waals surface area contributed by atoms with Crippen LogP contribution < -0.4 is 0 Å². The van der Waals surface area contributed by atoms with Gasteiger partial charge in [-0.25, -0.2) is 4.39 Å². The second-order valence-electron chi connectivity index (χ2n) is 4.83. The minimum Gasteiger partial charge on any atom is -0.294 e. The van der Waals surface area contributed by atoms with E-state index in [0.29, 0.717) is 19.6 Å². The van der Waals surface area contributed by atoms with Crippen LogP contribution in [0.2, 0.25) is 0 Å². The third-order valence-electron chi connectivity index (χ3n) is 2.28. The fourth-order valence-corrected chi connectivity index (χ4v) is 1.21. The van der Waals surface area contributed by atoms with Crippen molar-refractivity contribution in [1.29, 1.82) is 0 Å². The van der Waals surface area contributed by atoms with Crippen LogP contribution in [0.5, 0.6) is 0 Å². The van der Waals surface area contributed by atoms with Gasteiger partial charge in [0.25, 0.3) is 0 Å². The van der Waals surface area contributed by atoms with E-state index in [2.05, 4.69) is 0 Å². The third kappa shape index (κ3) is 3.22. The standard InChI is InChI=1S/C11H18FNO/c1-11(2,3)10(14)5-4-6-13-7-9(12)8-13/h4-5,9H,6-8H2,1-3H3/b5-4+. The van der Waals surface area contributed by atoms with Gasteiger partial charge in [-0.1, -0.05) is 26.8 Å². The zero-order valence-corrected chi connectivity index (χ0v) is 9.09. The molecule has 1 aliphatic rings. The lowest BCUT2D eigenvalue weighted by molar-refractivity contribution is -0.121. The van der Waals surface area contributed by atoms with Crippen LogP contribution in [-0.4, -0.2) is 36.5 Å². The molecule has 80 valence electrons. The lowest BCUT2D eigenvalue weighted by Gasteiger charge is -2.33. The van der Waals surface area contributed by atoms with Crippen molar-refractivity contribution in [3.05, 3.63) is 12.2 Å². The highest BCUT2D eigenvalue weighted by molar-refractivity contribution is 5.93. The SMILES string of the molecule is CC(C)(C)C(=O)/C=C/CN1CC(F)C1. The van der Waals surface area contributed by atoms with Crippen LogP contribution in [-0.2, 0) is 4.79 Å². The summed E-state index contributed by atoms with van der Waals surface area (Å²) in [6.07, 6.45) is 2.76. The van der Waals surface area contributed by atoms with Crippen LogP contribution in [0.15, 0.2) is 12.2 Å². The van der Waals surface area contributed by atoms with E-state index in [0.717, 1.165) is 0 Å². The van der Waals surface area contributed by atoms with E-state index in [4.69, 9.17) is 0 Å². The molecule has 0 bridgehead atoms. The summed E-state index contributed by atoms with van der Waals surface area (Å²) in [5, 5.41) is 0. The molecule has 0 radical (unpaired) electrons. The number of hydrogen-bond donors (Lipinski definition) is 0. The van der Waals surface area contributed by atoms with Crippen molar-refractivity contribution in [1.82, 2.24) is 4.90 Å². The highest BCUT2D eigenvalue weighted by Gasteiger charge is 2.24. The first-order chi connectivity index (χ1) is 6.39. The first-order valence-electron chi connectivity index (χ1n) is 4.97. The van der Waals surface area contributed by atoms with Gasteiger partial charge in [0.15, 0.2) is 5.78 Å². The predicted octanol–water partition coefficient (Wildman–Crippen LogP) is 1.81. The molecule has 2 nitrogen and oxygen atoms in total. The Morgan fingerprint density at radius 1 is 1.50 bits per heavy atom. The number of alkyl halides is 1. The number of carbonyl (C=O) groups is 1. The molecule has 1 fully saturated rings. The van der Waals surface area contributed by atoms with Gasteiger partial charge >= 0.3 is 0 Å². The van der Waals surface area contributed by atoms with Crippen molar-refractivity contribution in [3.63, 3.8) is 0 Å². The largest absolute Gasteiger partial charge is 0.294 e. The van der Waals surface area contributed by atoms with Gasteiger partial charge in [0.05, 0.1) is 0 Å². The Morgan fingerprint density at radius 2 is 2.07 bits per heavy atom. The highest BCUT2D eigenvalue weighted by atomic mass is 19.1. The van der Waals surface area contributed by atoms with E-state index in [1.807, 2.05) is 31.7 Å². The van der Waals surface area contributed by atoms with Crippen LogP contribution in [0, 0.1) is 5.41 Å². The fraction of sp³-hybridized carbons (Fsp3) is 0.727. The summed E-state index contributed by atoms with van der Waals surface area (Å²) in [6, 6.07) is 0. The molecule has 0 saturated carbocycles. The van der Waals surface area contributed by atoms with Crippen LogP contribution in [0.25, 0.3) is 0 Å². The Labute approximate surface area is 84.8 Å². The number of carbonyl (C=O) groups excluding carboxylic acids is 1. The zero-order chi connectivity index (χ0) is 10.8. The van der Waals surface area contributed by atoms with Gasteiger partial charge in [-0.05, 0) is 6.08 Å². The first-order valence-corrected chi connectivity index (χ1v) is 4.97. The van der Waals surface area contributed by atoms with E-state index in [1.165, 1.54) is 0 Å². The van der Waals surface area contributed by atoms with Gasteiger partial charge in [0, 0.05) is 25.0 Å². The molecule has 1 aliphatic heterocycles. The minimum absolute atomic E-state index is 0.120. The highest BCUT2D eigenvalue weighted by Crippen LogP contribution is 2.15. The molecule has 0 N–H and O–H groups in total. The quantitative estimate of drug-likeness (QED) is 0.646. The topological polar surface area (TPSA) is 20.3 Å². The van der Waals surface area contributed by atoms with Crippen molar-refractivity contribution in [3.8, 4) is 0 Å². The van der Waals surface area contributed by atoms with Gasteiger partial charge in [-0.3, -0.25) is 9.69 Å². The monoisotopic (exact) mass is 199 g/mol. The summed E-state index contributed by atoms with van der Waals surface area (Å²) in [6.45, 7) is 7.37. The van der Waals surface area contributed by atoms with Crippen molar-refractivity contribution >= 4 is 5.78 Å². The molecule has 14 heavy (non-hydrogen) atoms. The number of halogens is 1. The van der Waals surface area contributed by atoms with Crippen molar-refractivity contribution < 1.29 is 9.18 Å². The number of nitrogens with zero attached hydrogens (tertiary/aromatic N) is 1. The van der Waals surface area contributed by atoms with E-state index in [9.17, 15) is 9.18 Å². The average molecular weight is 199 g/mol. The number of rotatable bonds is 3. The normalized spacial score (nSPS) is 20.0. The Kier molecular flexibility index (Phi) is 3.43. The molecule has 0 unspecified atom stereocenters. The molecule has 0 aromatic carbocycles. The fourth-order valence-electron chi connectivity index (χ4n) is 1.21. The molecule has 0 aliphatic carbocycles. The molecule has 0 atom stereocenters. The zero-order valence-electron chi connectivity index (χ0n) is 9.09. The van der Waals surface area contributed by atoms with Crippen LogP contribution >= 0.6 is 0 Å². The Balaban J connectivity index is 2.24.